The van der Waals surface area contributed by atoms with Gasteiger partial charge in [-0.3, -0.25) is 0 Å². The first-order chi connectivity index (χ1) is 10.1. The van der Waals surface area contributed by atoms with E-state index in [9.17, 15) is 0 Å². The first kappa shape index (κ1) is 16.2. The van der Waals surface area contributed by atoms with Gasteiger partial charge in [-0.15, -0.1) is 0 Å². The average molecular weight is 324 g/mol. The number of hydrogen-bond donors (Lipinski definition) is 1. The van der Waals surface area contributed by atoms with Crippen molar-refractivity contribution in [3.63, 3.8) is 0 Å². The van der Waals surface area contributed by atoms with Crippen molar-refractivity contribution in [1.29, 1.82) is 0 Å². The Kier molecular flexibility index (Phi) is 5.92. The van der Waals surface area contributed by atoms with Gasteiger partial charge >= 0.3 is 0 Å². The van der Waals surface area contributed by atoms with Crippen LogP contribution in [0.4, 0.5) is 0 Å². The van der Waals surface area contributed by atoms with Crippen LogP contribution in [0, 0.1) is 6.92 Å². The second-order valence-corrected chi connectivity index (χ2v) is 5.77. The van der Waals surface area contributed by atoms with Crippen LogP contribution in [0.15, 0.2) is 36.4 Å². The molecule has 0 spiro atoms. The van der Waals surface area contributed by atoms with Crippen LogP contribution >= 0.6 is 23.2 Å². The number of benzene rings is 2. The van der Waals surface area contributed by atoms with Crippen molar-refractivity contribution in [1.82, 2.24) is 5.32 Å². The van der Waals surface area contributed by atoms with Crippen molar-refractivity contribution in [2.45, 2.75) is 26.8 Å². The molecule has 0 unspecified atom stereocenters. The summed E-state index contributed by atoms with van der Waals surface area (Å²) in [4.78, 5) is 0. The Bertz CT molecular complexity index is 614. The summed E-state index contributed by atoms with van der Waals surface area (Å²) in [6.07, 6.45) is 1.12. The van der Waals surface area contributed by atoms with Gasteiger partial charge in [0, 0.05) is 12.6 Å². The second kappa shape index (κ2) is 7.69. The zero-order valence-corrected chi connectivity index (χ0v) is 13.8. The normalized spacial score (nSPS) is 10.7. The van der Waals surface area contributed by atoms with Crippen molar-refractivity contribution in [3.8, 4) is 11.5 Å². The van der Waals surface area contributed by atoms with Gasteiger partial charge in [0.2, 0.25) is 0 Å². The number of nitrogens with one attached hydrogen (secondary N) is 1. The van der Waals surface area contributed by atoms with E-state index in [0.717, 1.165) is 30.8 Å². The molecule has 2 aromatic rings. The monoisotopic (exact) mass is 323 g/mol. The molecule has 0 saturated heterocycles. The van der Waals surface area contributed by atoms with Gasteiger partial charge in [0.1, 0.15) is 11.5 Å². The lowest BCUT2D eigenvalue weighted by atomic mass is 10.1. The molecule has 21 heavy (non-hydrogen) atoms. The second-order valence-electron chi connectivity index (χ2n) is 4.95. The van der Waals surface area contributed by atoms with Gasteiger partial charge in [-0.05, 0) is 49.2 Å². The van der Waals surface area contributed by atoms with Crippen molar-refractivity contribution < 1.29 is 4.74 Å². The zero-order chi connectivity index (χ0) is 15.2. The fourth-order valence-electron chi connectivity index (χ4n) is 1.94. The van der Waals surface area contributed by atoms with E-state index in [4.69, 9.17) is 27.9 Å². The van der Waals surface area contributed by atoms with Crippen LogP contribution in [-0.4, -0.2) is 6.54 Å². The first-order valence-electron chi connectivity index (χ1n) is 7.03. The largest absolute Gasteiger partial charge is 0.457 e. The lowest BCUT2D eigenvalue weighted by Crippen LogP contribution is -2.13. The van der Waals surface area contributed by atoms with Crippen molar-refractivity contribution >= 4 is 23.2 Å². The molecule has 0 aliphatic carbocycles. The van der Waals surface area contributed by atoms with Crippen LogP contribution in [0.25, 0.3) is 0 Å². The minimum absolute atomic E-state index is 0.493. The summed E-state index contributed by atoms with van der Waals surface area (Å²) in [7, 11) is 0. The maximum absolute atomic E-state index is 6.01. The maximum atomic E-state index is 6.01. The number of aryl methyl sites for hydroxylation is 1. The van der Waals surface area contributed by atoms with Gasteiger partial charge in [0.15, 0.2) is 0 Å². The standard InChI is InChI=1S/C17H19Cl2NO/c1-3-8-20-11-13-5-4-12(2)17(9-13)21-14-6-7-15(18)16(19)10-14/h4-7,9-10,20H,3,8,11H2,1-2H3. The minimum atomic E-state index is 0.493. The van der Waals surface area contributed by atoms with Crippen LogP contribution in [0.2, 0.25) is 10.0 Å². The smallest absolute Gasteiger partial charge is 0.130 e. The zero-order valence-electron chi connectivity index (χ0n) is 12.2. The number of ether oxygens (including phenoxy) is 1. The molecule has 0 aromatic heterocycles. The van der Waals surface area contributed by atoms with Gasteiger partial charge < -0.3 is 10.1 Å². The summed E-state index contributed by atoms with van der Waals surface area (Å²) in [5, 5.41) is 4.40. The summed E-state index contributed by atoms with van der Waals surface area (Å²) >= 11 is 11.9. The molecule has 0 atom stereocenters. The highest BCUT2D eigenvalue weighted by Crippen LogP contribution is 2.31. The first-order valence-corrected chi connectivity index (χ1v) is 7.79. The Hall–Kier alpha value is -1.22. The molecular formula is C17H19Cl2NO. The third-order valence-corrected chi connectivity index (χ3v) is 3.87. The van der Waals surface area contributed by atoms with Crippen LogP contribution < -0.4 is 10.1 Å². The van der Waals surface area contributed by atoms with Gasteiger partial charge in [0.05, 0.1) is 10.0 Å². The molecule has 2 aromatic carbocycles. The number of rotatable bonds is 6. The summed E-state index contributed by atoms with van der Waals surface area (Å²) in [6, 6.07) is 11.5. The predicted octanol–water partition coefficient (Wildman–Crippen LogP) is 5.59. The molecule has 0 amide bonds. The third kappa shape index (κ3) is 4.63. The topological polar surface area (TPSA) is 21.3 Å². The SMILES string of the molecule is CCCNCc1ccc(C)c(Oc2ccc(Cl)c(Cl)c2)c1. The molecule has 0 bridgehead atoms. The lowest BCUT2D eigenvalue weighted by molar-refractivity contribution is 0.478. The molecule has 2 rings (SSSR count). The Morgan fingerprint density at radius 3 is 2.57 bits per heavy atom. The van der Waals surface area contributed by atoms with E-state index in [-0.39, 0.29) is 0 Å². The highest BCUT2D eigenvalue weighted by atomic mass is 35.5. The Morgan fingerprint density at radius 2 is 1.86 bits per heavy atom. The van der Waals surface area contributed by atoms with Crippen LogP contribution in [0.1, 0.15) is 24.5 Å². The molecule has 4 heteroatoms. The third-order valence-electron chi connectivity index (χ3n) is 3.13. The van der Waals surface area contributed by atoms with Crippen molar-refractivity contribution in [2.75, 3.05) is 6.54 Å². The summed E-state index contributed by atoms with van der Waals surface area (Å²) < 4.78 is 5.92. The maximum Gasteiger partial charge on any atom is 0.130 e. The quantitative estimate of drug-likeness (QED) is 0.699. The van der Waals surface area contributed by atoms with Crippen molar-refractivity contribution in [2.24, 2.45) is 0 Å². The summed E-state index contributed by atoms with van der Waals surface area (Å²) in [5.74, 6) is 1.52. The molecule has 1 N–H and O–H groups in total. The molecule has 2 nitrogen and oxygen atoms in total. The van der Waals surface area contributed by atoms with E-state index >= 15 is 0 Å². The van der Waals surface area contributed by atoms with E-state index in [1.54, 1.807) is 12.1 Å². The van der Waals surface area contributed by atoms with E-state index in [1.807, 2.05) is 13.0 Å². The Morgan fingerprint density at radius 1 is 1.05 bits per heavy atom. The molecular weight excluding hydrogens is 305 g/mol. The van der Waals surface area contributed by atoms with Gasteiger partial charge in [-0.2, -0.15) is 0 Å². The van der Waals surface area contributed by atoms with E-state index < -0.39 is 0 Å². The highest BCUT2D eigenvalue weighted by molar-refractivity contribution is 6.42. The summed E-state index contributed by atoms with van der Waals surface area (Å²) in [6.45, 7) is 6.03. The van der Waals surface area contributed by atoms with E-state index in [0.29, 0.717) is 15.8 Å². The Balaban J connectivity index is 2.14. The average Bonchev–Trinajstić information content (AvgIpc) is 2.46. The fraction of sp³-hybridized carbons (Fsp3) is 0.294. The highest BCUT2D eigenvalue weighted by Gasteiger charge is 2.05. The molecule has 0 heterocycles. The van der Waals surface area contributed by atoms with E-state index in [1.165, 1.54) is 5.56 Å². The van der Waals surface area contributed by atoms with Crippen molar-refractivity contribution in [3.05, 3.63) is 57.6 Å². The molecule has 0 fully saturated rings. The number of hydrogen-bond acceptors (Lipinski definition) is 2. The fourth-order valence-corrected chi connectivity index (χ4v) is 2.23. The molecule has 112 valence electrons. The van der Waals surface area contributed by atoms with Gasteiger partial charge in [-0.1, -0.05) is 42.3 Å². The summed E-state index contributed by atoms with van der Waals surface area (Å²) in [5.41, 5.74) is 2.28. The van der Waals surface area contributed by atoms with Gasteiger partial charge in [0.25, 0.3) is 0 Å². The van der Waals surface area contributed by atoms with Gasteiger partial charge in [-0.25, -0.2) is 0 Å². The van der Waals surface area contributed by atoms with E-state index in [2.05, 4.69) is 30.4 Å². The van der Waals surface area contributed by atoms with Crippen LogP contribution in [0.3, 0.4) is 0 Å². The predicted molar refractivity (Wildman–Crippen MR) is 89.7 cm³/mol. The minimum Gasteiger partial charge on any atom is -0.457 e. The molecule has 0 aliphatic rings. The Labute approximate surface area is 136 Å². The van der Waals surface area contributed by atoms with Crippen LogP contribution in [-0.2, 0) is 6.54 Å². The number of halogens is 2. The molecule has 0 aliphatic heterocycles. The lowest BCUT2D eigenvalue weighted by Gasteiger charge is -2.12. The molecule has 0 saturated carbocycles. The van der Waals surface area contributed by atoms with Crippen LogP contribution in [0.5, 0.6) is 11.5 Å². The molecule has 0 radical (unpaired) electrons.